The van der Waals surface area contributed by atoms with Crippen LogP contribution in [0.1, 0.15) is 6.42 Å². The number of hydrogen-bond donors (Lipinski definition) is 1. The fourth-order valence-electron chi connectivity index (χ4n) is 2.66. The van der Waals surface area contributed by atoms with E-state index in [1.165, 1.54) is 12.1 Å². The minimum absolute atomic E-state index is 0.822. The molecule has 11 heteroatoms. The van der Waals surface area contributed by atoms with Crippen LogP contribution in [-0.4, -0.2) is 30.7 Å². The molecule has 148 valence electrons. The van der Waals surface area contributed by atoms with Crippen molar-refractivity contribution in [3.05, 3.63) is 36.7 Å². The van der Waals surface area contributed by atoms with Gasteiger partial charge in [0.25, 0.3) is 0 Å². The molecule has 1 N–H and O–H groups in total. The van der Waals surface area contributed by atoms with Gasteiger partial charge in [-0.1, -0.05) is 5.11 Å². The highest BCUT2D eigenvalue weighted by molar-refractivity contribution is 5.52. The van der Waals surface area contributed by atoms with Gasteiger partial charge in [0.15, 0.2) is 0 Å². The van der Waals surface area contributed by atoms with Crippen LogP contribution in [0.15, 0.2) is 46.9 Å². The summed E-state index contributed by atoms with van der Waals surface area (Å²) >= 11 is 0. The predicted octanol–water partition coefficient (Wildman–Crippen LogP) is -2.69. The van der Waals surface area contributed by atoms with Crippen molar-refractivity contribution in [2.45, 2.75) is 6.42 Å². The van der Waals surface area contributed by atoms with Crippen LogP contribution in [0.25, 0.3) is 0 Å². The van der Waals surface area contributed by atoms with E-state index in [2.05, 4.69) is 32.6 Å². The van der Waals surface area contributed by atoms with Gasteiger partial charge in [0.05, 0.1) is 26.5 Å². The number of imidazole rings is 1. The van der Waals surface area contributed by atoms with Crippen LogP contribution in [0.5, 0.6) is 0 Å². The van der Waals surface area contributed by atoms with Crippen molar-refractivity contribution in [2.24, 2.45) is 24.3 Å². The van der Waals surface area contributed by atoms with Crippen LogP contribution in [-0.2, 0) is 14.1 Å². The van der Waals surface area contributed by atoms with E-state index < -0.39 is 10.2 Å². The zero-order valence-electron chi connectivity index (χ0n) is 15.2. The van der Waals surface area contributed by atoms with Crippen LogP contribution in [0.2, 0.25) is 0 Å². The van der Waals surface area contributed by atoms with Crippen molar-refractivity contribution in [2.75, 3.05) is 31.1 Å². The minimum Gasteiger partial charge on any atom is -0.370 e. The summed E-state index contributed by atoms with van der Waals surface area (Å²) in [6, 6.07) is 8.32. The summed E-state index contributed by atoms with van der Waals surface area (Å²) in [6.45, 7) is 4.31. The monoisotopic (exact) mass is 398 g/mol. The molecule has 1 aliphatic heterocycles. The van der Waals surface area contributed by atoms with Gasteiger partial charge in [0, 0.05) is 30.4 Å². The molecule has 0 aliphatic carbocycles. The van der Waals surface area contributed by atoms with E-state index in [-0.39, 0.29) is 0 Å². The summed E-state index contributed by atoms with van der Waals surface area (Å²) in [5, 5.41) is 12.1. The molecule has 0 atom stereocenters. The van der Waals surface area contributed by atoms with E-state index in [9.17, 15) is 0 Å². The third-order valence-corrected chi connectivity index (χ3v) is 3.95. The summed E-state index contributed by atoms with van der Waals surface area (Å²) in [4.78, 5) is 2.41. The molecule has 2 heterocycles. The number of aryl methyl sites for hydroxylation is 2. The Morgan fingerprint density at radius 1 is 1.04 bits per heavy atom. The first kappa shape index (κ1) is 21.2. The van der Waals surface area contributed by atoms with Crippen molar-refractivity contribution in [3.8, 4) is 0 Å². The maximum absolute atomic E-state index is 8.49. The zero-order chi connectivity index (χ0) is 19.9. The van der Waals surface area contributed by atoms with Crippen molar-refractivity contribution in [1.29, 1.82) is 0 Å². The van der Waals surface area contributed by atoms with Gasteiger partial charge >= 0.3 is 5.95 Å². The van der Waals surface area contributed by atoms with Crippen LogP contribution in [0.4, 0.5) is 17.3 Å². The molecule has 1 saturated heterocycles. The molecule has 0 bridgehead atoms. The number of hydrogen-bond acceptors (Lipinski definition) is 8. The van der Waals surface area contributed by atoms with Gasteiger partial charge in [0.1, 0.15) is 5.69 Å². The first-order chi connectivity index (χ1) is 12.7. The highest BCUT2D eigenvalue weighted by Crippen LogP contribution is 2.21. The van der Waals surface area contributed by atoms with E-state index in [1.807, 2.05) is 47.8 Å². The molecule has 2 aromatic rings. The van der Waals surface area contributed by atoms with E-state index in [0.717, 1.165) is 37.8 Å². The Kier molecular flexibility index (Phi) is 7.66. The largest absolute Gasteiger partial charge is 0.421 e. The normalized spacial score (nSPS) is 15.4. The standard InChI is InChI=1S/C16H23N6.ClHO4/c1-20-12-13-21(2)16(20)19-18-14-4-6-15(7-5-14)22-10-3-8-17-9-11-22;2-1(3,4)5/h4-7,12-13,17H,3,8-11H2,1-2H3;(H,2,3,4,5)/q+1;/p-1. The van der Waals surface area contributed by atoms with Crippen molar-refractivity contribution < 1.29 is 33.4 Å². The second-order valence-electron chi connectivity index (χ2n) is 6.00. The highest BCUT2D eigenvalue weighted by atomic mass is 35.7. The zero-order valence-corrected chi connectivity index (χ0v) is 16.0. The summed E-state index contributed by atoms with van der Waals surface area (Å²) in [6.07, 6.45) is 5.11. The van der Waals surface area contributed by atoms with Crippen LogP contribution >= 0.6 is 0 Å². The van der Waals surface area contributed by atoms with E-state index in [0.29, 0.717) is 0 Å². The quantitative estimate of drug-likeness (QED) is 0.440. The number of anilines is 1. The van der Waals surface area contributed by atoms with Gasteiger partial charge < -0.3 is 10.2 Å². The second kappa shape index (κ2) is 9.74. The van der Waals surface area contributed by atoms with Gasteiger partial charge in [-0.3, -0.25) is 0 Å². The van der Waals surface area contributed by atoms with Crippen LogP contribution in [0, 0.1) is 10.2 Å². The molecule has 0 unspecified atom stereocenters. The number of azo groups is 1. The lowest BCUT2D eigenvalue weighted by Gasteiger charge is -2.22. The molecular formula is C16H23ClN6O4. The summed E-state index contributed by atoms with van der Waals surface area (Å²) in [5.41, 5.74) is 2.13. The highest BCUT2D eigenvalue weighted by Gasteiger charge is 2.11. The molecule has 1 fully saturated rings. The summed E-state index contributed by atoms with van der Waals surface area (Å²) in [5.74, 6) is 0.822. The molecule has 0 amide bonds. The third kappa shape index (κ3) is 7.59. The van der Waals surface area contributed by atoms with Crippen LogP contribution < -0.4 is 33.4 Å². The summed E-state index contributed by atoms with van der Waals surface area (Å²) in [7, 11) is -1.02. The lowest BCUT2D eigenvalue weighted by atomic mass is 10.2. The Labute approximate surface area is 159 Å². The van der Waals surface area contributed by atoms with Gasteiger partial charge in [0.2, 0.25) is 0 Å². The maximum atomic E-state index is 8.49. The molecule has 3 rings (SSSR count). The molecule has 10 nitrogen and oxygen atoms in total. The van der Waals surface area contributed by atoms with Gasteiger partial charge in [-0.05, 0) is 37.2 Å². The summed E-state index contributed by atoms with van der Waals surface area (Å²) < 4.78 is 37.9. The molecule has 0 saturated carbocycles. The van der Waals surface area contributed by atoms with Gasteiger partial charge in [-0.15, -0.1) is 10.2 Å². The van der Waals surface area contributed by atoms with Crippen molar-refractivity contribution >= 4 is 17.3 Å². The van der Waals surface area contributed by atoms with E-state index >= 15 is 0 Å². The van der Waals surface area contributed by atoms with Crippen LogP contribution in [0.3, 0.4) is 0 Å². The number of benzene rings is 1. The molecule has 1 aromatic carbocycles. The molecule has 27 heavy (non-hydrogen) atoms. The fourth-order valence-corrected chi connectivity index (χ4v) is 2.66. The van der Waals surface area contributed by atoms with E-state index in [1.54, 1.807) is 0 Å². The molecule has 0 spiro atoms. The Morgan fingerprint density at radius 2 is 1.70 bits per heavy atom. The number of rotatable bonds is 3. The molecule has 0 radical (unpaired) electrons. The molecular weight excluding hydrogens is 376 g/mol. The minimum atomic E-state index is -4.94. The predicted molar refractivity (Wildman–Crippen MR) is 86.9 cm³/mol. The molecule has 1 aromatic heterocycles. The smallest absolute Gasteiger partial charge is 0.370 e. The second-order valence-corrected chi connectivity index (χ2v) is 6.76. The topological polar surface area (TPSA) is 141 Å². The number of nitrogens with zero attached hydrogens (tertiary/aromatic N) is 5. The lowest BCUT2D eigenvalue weighted by molar-refractivity contribution is -2.00. The average Bonchev–Trinajstić information content (AvgIpc) is 2.80. The first-order valence-corrected chi connectivity index (χ1v) is 9.57. The average molecular weight is 399 g/mol. The SMILES string of the molecule is Cn1cc[n+](C)c1/N=N/c1ccc(N2CCCNCC2)cc1.[O-][Cl+3]([O-])([O-])[O-]. The van der Waals surface area contributed by atoms with Crippen molar-refractivity contribution in [3.63, 3.8) is 0 Å². The number of nitrogens with one attached hydrogen (secondary N) is 1. The van der Waals surface area contributed by atoms with E-state index in [4.69, 9.17) is 18.6 Å². The maximum Gasteiger partial charge on any atom is 0.421 e. The lowest BCUT2D eigenvalue weighted by Crippen LogP contribution is -2.68. The third-order valence-electron chi connectivity index (χ3n) is 3.95. The Morgan fingerprint density at radius 3 is 2.30 bits per heavy atom. The molecule has 1 aliphatic rings. The first-order valence-electron chi connectivity index (χ1n) is 8.34. The Balaban J connectivity index is 0.000000465. The fraction of sp³-hybridized carbons (Fsp3) is 0.438. The Bertz CT molecular complexity index is 711. The van der Waals surface area contributed by atoms with Gasteiger partial charge in [-0.2, -0.15) is 0 Å². The Hall–Kier alpha value is -2.08. The van der Waals surface area contributed by atoms with Crippen molar-refractivity contribution in [1.82, 2.24) is 9.88 Å². The number of halogens is 1. The van der Waals surface area contributed by atoms with Gasteiger partial charge in [-0.25, -0.2) is 27.8 Å². The number of aromatic nitrogens is 2.